The van der Waals surface area contributed by atoms with Crippen molar-refractivity contribution < 1.29 is 0 Å². The number of rotatable bonds is 3. The summed E-state index contributed by atoms with van der Waals surface area (Å²) >= 11 is 0. The second-order valence-corrected chi connectivity index (χ2v) is 13.6. The van der Waals surface area contributed by atoms with Gasteiger partial charge < -0.3 is 9.13 Å². The third-order valence-corrected chi connectivity index (χ3v) is 10.9. The predicted octanol–water partition coefficient (Wildman–Crippen LogP) is 12.9. The topological polar surface area (TPSA) is 33.6 Å². The van der Waals surface area contributed by atoms with Gasteiger partial charge in [0, 0.05) is 32.9 Å². The molecule has 0 saturated carbocycles. The smallest absolute Gasteiger partial charge is 0.0992 e. The van der Waals surface area contributed by atoms with Crippen molar-refractivity contribution in [3.05, 3.63) is 181 Å². The van der Waals surface area contributed by atoms with E-state index in [-0.39, 0.29) is 0 Å². The lowest BCUT2D eigenvalue weighted by Crippen LogP contribution is -1.96. The highest BCUT2D eigenvalue weighted by atomic mass is 15.0. The fraction of sp³-hybridized carbons (Fsp3) is 0. The van der Waals surface area contributed by atoms with E-state index < -0.39 is 0 Å². The molecule has 2 aromatic heterocycles. The fourth-order valence-corrected chi connectivity index (χ4v) is 8.59. The summed E-state index contributed by atoms with van der Waals surface area (Å²) in [6.07, 6.45) is 0. The fourth-order valence-electron chi connectivity index (χ4n) is 8.59. The molecule has 9 aromatic carbocycles. The standard InChI is InChI=1S/C49H29N3/c50-30-31-17-24-43-45-29-35(52-46-15-7-5-13-41(46)42-14-6-8-16-47(42)52)23-26-48(45)51(49(43)27-31)34-21-18-32(19-22-34)33-20-25-40-38-11-2-1-9-36(38)37-10-3-4-12-39(37)44(40)28-33/h1-29H. The number of hydrogen-bond acceptors (Lipinski definition) is 1. The molecule has 0 amide bonds. The van der Waals surface area contributed by atoms with Crippen LogP contribution in [0.15, 0.2) is 176 Å². The minimum absolute atomic E-state index is 0.645. The Morgan fingerprint density at radius 1 is 0.308 bits per heavy atom. The van der Waals surface area contributed by atoms with Crippen molar-refractivity contribution in [2.75, 3.05) is 0 Å². The maximum atomic E-state index is 9.90. The molecule has 0 unspecified atom stereocenters. The number of para-hydroxylation sites is 2. The number of nitrogens with zero attached hydrogens (tertiary/aromatic N) is 3. The van der Waals surface area contributed by atoms with Crippen LogP contribution < -0.4 is 0 Å². The van der Waals surface area contributed by atoms with Crippen molar-refractivity contribution >= 4 is 75.9 Å². The van der Waals surface area contributed by atoms with E-state index in [2.05, 4.69) is 179 Å². The maximum Gasteiger partial charge on any atom is 0.0992 e. The lowest BCUT2D eigenvalue weighted by Gasteiger charge is -2.13. The number of fused-ring (bicyclic) bond motifs is 12. The van der Waals surface area contributed by atoms with Crippen LogP contribution in [0, 0.1) is 11.3 Å². The zero-order valence-corrected chi connectivity index (χ0v) is 28.1. The SMILES string of the molecule is N#Cc1ccc2c3cc(-n4c5ccccc5c5ccccc54)ccc3n(-c3ccc(-c4ccc5c6ccccc6c6ccccc6c5c4)cc3)c2c1. The van der Waals surface area contributed by atoms with Crippen molar-refractivity contribution in [3.8, 4) is 28.6 Å². The molecule has 0 fully saturated rings. The van der Waals surface area contributed by atoms with Gasteiger partial charge in [-0.15, -0.1) is 0 Å². The molecular weight excluding hydrogens is 631 g/mol. The minimum atomic E-state index is 0.645. The molecule has 0 spiro atoms. The highest BCUT2D eigenvalue weighted by Crippen LogP contribution is 2.39. The molecule has 240 valence electrons. The van der Waals surface area contributed by atoms with E-state index in [0.29, 0.717) is 5.56 Å². The van der Waals surface area contributed by atoms with E-state index in [1.54, 1.807) is 0 Å². The van der Waals surface area contributed by atoms with E-state index in [9.17, 15) is 5.26 Å². The van der Waals surface area contributed by atoms with Crippen LogP contribution in [0.2, 0.25) is 0 Å². The Balaban J connectivity index is 1.08. The molecule has 0 radical (unpaired) electrons. The number of nitriles is 1. The van der Waals surface area contributed by atoms with E-state index in [1.807, 2.05) is 12.1 Å². The van der Waals surface area contributed by atoms with Gasteiger partial charge in [-0.05, 0) is 104 Å². The lowest BCUT2D eigenvalue weighted by atomic mass is 9.92. The Labute approximate surface area is 299 Å². The second-order valence-electron chi connectivity index (χ2n) is 13.6. The molecule has 0 bridgehead atoms. The predicted molar refractivity (Wildman–Crippen MR) is 218 cm³/mol. The van der Waals surface area contributed by atoms with Crippen molar-refractivity contribution in [1.82, 2.24) is 9.13 Å². The highest BCUT2D eigenvalue weighted by Gasteiger charge is 2.17. The number of aromatic nitrogens is 2. The van der Waals surface area contributed by atoms with Gasteiger partial charge in [-0.2, -0.15) is 5.26 Å². The first kappa shape index (κ1) is 28.7. The molecule has 0 aliphatic carbocycles. The molecule has 52 heavy (non-hydrogen) atoms. The van der Waals surface area contributed by atoms with Gasteiger partial charge in [0.2, 0.25) is 0 Å². The molecule has 2 heterocycles. The van der Waals surface area contributed by atoms with Gasteiger partial charge in [-0.3, -0.25) is 0 Å². The van der Waals surface area contributed by atoms with Crippen LogP contribution in [0.3, 0.4) is 0 Å². The molecule has 11 aromatic rings. The molecule has 0 aliphatic heterocycles. The maximum absolute atomic E-state index is 9.90. The normalized spacial score (nSPS) is 11.8. The third-order valence-electron chi connectivity index (χ3n) is 10.9. The summed E-state index contributed by atoms with van der Waals surface area (Å²) in [6.45, 7) is 0. The summed E-state index contributed by atoms with van der Waals surface area (Å²) < 4.78 is 4.66. The summed E-state index contributed by atoms with van der Waals surface area (Å²) in [7, 11) is 0. The van der Waals surface area contributed by atoms with Crippen LogP contribution in [0.25, 0.3) is 98.4 Å². The van der Waals surface area contributed by atoms with E-state index >= 15 is 0 Å². The average Bonchev–Trinajstić information content (AvgIpc) is 3.73. The molecule has 0 atom stereocenters. The molecule has 0 N–H and O–H groups in total. The molecule has 3 nitrogen and oxygen atoms in total. The monoisotopic (exact) mass is 659 g/mol. The van der Waals surface area contributed by atoms with Gasteiger partial charge in [0.1, 0.15) is 0 Å². The average molecular weight is 660 g/mol. The van der Waals surface area contributed by atoms with Crippen molar-refractivity contribution in [3.63, 3.8) is 0 Å². The van der Waals surface area contributed by atoms with Crippen molar-refractivity contribution in [2.45, 2.75) is 0 Å². The lowest BCUT2D eigenvalue weighted by molar-refractivity contribution is 1.16. The summed E-state index contributed by atoms with van der Waals surface area (Å²) in [5.74, 6) is 0. The largest absolute Gasteiger partial charge is 0.309 e. The molecular formula is C49H29N3. The van der Waals surface area contributed by atoms with Crippen molar-refractivity contribution in [2.24, 2.45) is 0 Å². The first-order chi connectivity index (χ1) is 25.7. The summed E-state index contributed by atoms with van der Waals surface area (Å²) in [6, 6.07) is 65.5. The highest BCUT2D eigenvalue weighted by molar-refractivity contribution is 6.25. The summed E-state index contributed by atoms with van der Waals surface area (Å²) in [5.41, 5.74) is 9.65. The van der Waals surface area contributed by atoms with Gasteiger partial charge in [0.05, 0.1) is 33.7 Å². The van der Waals surface area contributed by atoms with Gasteiger partial charge in [-0.1, -0.05) is 115 Å². The van der Waals surface area contributed by atoms with E-state index in [1.165, 1.54) is 59.7 Å². The second kappa shape index (κ2) is 10.9. The molecule has 0 aliphatic rings. The van der Waals surface area contributed by atoms with E-state index in [0.717, 1.165) is 38.7 Å². The Morgan fingerprint density at radius 3 is 1.40 bits per heavy atom. The zero-order valence-electron chi connectivity index (χ0n) is 28.1. The number of benzene rings is 9. The minimum Gasteiger partial charge on any atom is -0.309 e. The Kier molecular flexibility index (Phi) is 6.02. The summed E-state index contributed by atoms with van der Waals surface area (Å²) in [4.78, 5) is 0. The van der Waals surface area contributed by atoms with Gasteiger partial charge in [0.15, 0.2) is 0 Å². The molecule has 3 heteroatoms. The first-order valence-electron chi connectivity index (χ1n) is 17.7. The Hall–Kier alpha value is -7.15. The van der Waals surface area contributed by atoms with Crippen LogP contribution in [0.1, 0.15) is 5.56 Å². The van der Waals surface area contributed by atoms with Gasteiger partial charge >= 0.3 is 0 Å². The first-order valence-corrected chi connectivity index (χ1v) is 17.7. The molecule has 11 rings (SSSR count). The van der Waals surface area contributed by atoms with Gasteiger partial charge in [0.25, 0.3) is 0 Å². The van der Waals surface area contributed by atoms with Crippen LogP contribution in [-0.4, -0.2) is 9.13 Å². The quantitative estimate of drug-likeness (QED) is 0.174. The van der Waals surface area contributed by atoms with Crippen LogP contribution >= 0.6 is 0 Å². The Bertz CT molecular complexity index is 3210. The van der Waals surface area contributed by atoms with Crippen LogP contribution in [-0.2, 0) is 0 Å². The zero-order chi connectivity index (χ0) is 34.3. The van der Waals surface area contributed by atoms with Crippen LogP contribution in [0.5, 0.6) is 0 Å². The van der Waals surface area contributed by atoms with Crippen molar-refractivity contribution in [1.29, 1.82) is 5.26 Å². The Morgan fingerprint density at radius 2 is 0.769 bits per heavy atom. The number of hydrogen-bond donors (Lipinski definition) is 0. The summed E-state index contributed by atoms with van der Waals surface area (Å²) in [5, 5.41) is 22.3. The third kappa shape index (κ3) is 4.07. The van der Waals surface area contributed by atoms with Gasteiger partial charge in [-0.25, -0.2) is 0 Å². The molecule has 0 saturated heterocycles. The van der Waals surface area contributed by atoms with Crippen LogP contribution in [0.4, 0.5) is 0 Å². The van der Waals surface area contributed by atoms with E-state index in [4.69, 9.17) is 0 Å².